The molecule has 1 saturated carbocycles. The van der Waals surface area contributed by atoms with E-state index in [1.165, 1.54) is 19.3 Å². The van der Waals surface area contributed by atoms with Crippen LogP contribution in [0.1, 0.15) is 62.6 Å². The summed E-state index contributed by atoms with van der Waals surface area (Å²) in [5.74, 6) is 0.577. The molecule has 1 aromatic rings. The Bertz CT molecular complexity index is 394. The van der Waals surface area contributed by atoms with Gasteiger partial charge >= 0.3 is 0 Å². The summed E-state index contributed by atoms with van der Waals surface area (Å²) in [6.07, 6.45) is 6.52. The first-order valence-corrected chi connectivity index (χ1v) is 7.77. The monoisotopic (exact) mass is 266 g/mol. The van der Waals surface area contributed by atoms with Gasteiger partial charge in [0.1, 0.15) is 0 Å². The smallest absolute Gasteiger partial charge is 0.226 e. The van der Waals surface area contributed by atoms with Crippen LogP contribution in [0, 0.1) is 0 Å². The maximum Gasteiger partial charge on any atom is 0.226 e. The van der Waals surface area contributed by atoms with Gasteiger partial charge in [-0.1, -0.05) is 33.1 Å². The maximum atomic E-state index is 11.9. The van der Waals surface area contributed by atoms with Crippen LogP contribution in [-0.4, -0.2) is 16.9 Å². The van der Waals surface area contributed by atoms with E-state index in [-0.39, 0.29) is 5.91 Å². The van der Waals surface area contributed by atoms with Gasteiger partial charge in [-0.15, -0.1) is 11.3 Å². The summed E-state index contributed by atoms with van der Waals surface area (Å²) in [6.45, 7) is 4.26. The molecule has 4 heteroatoms. The number of nitrogens with zero attached hydrogens (tertiary/aromatic N) is 1. The summed E-state index contributed by atoms with van der Waals surface area (Å²) in [5.41, 5.74) is 0.914. The number of rotatable bonds is 4. The molecule has 0 unspecified atom stereocenters. The van der Waals surface area contributed by atoms with Crippen molar-refractivity contribution in [3.63, 3.8) is 0 Å². The van der Waals surface area contributed by atoms with Gasteiger partial charge in [-0.3, -0.25) is 4.79 Å². The Morgan fingerprint density at radius 3 is 2.78 bits per heavy atom. The fraction of sp³-hybridized carbons (Fsp3) is 0.714. The van der Waals surface area contributed by atoms with E-state index < -0.39 is 0 Å². The Hall–Kier alpha value is -0.900. The molecular weight excluding hydrogens is 244 g/mol. The fourth-order valence-electron chi connectivity index (χ4n) is 2.36. The first-order valence-electron chi connectivity index (χ1n) is 6.89. The van der Waals surface area contributed by atoms with Crippen LogP contribution in [0.5, 0.6) is 0 Å². The predicted octanol–water partition coefficient (Wildman–Crippen LogP) is 3.26. The zero-order valence-corrected chi connectivity index (χ0v) is 12.1. The molecule has 3 nitrogen and oxygen atoms in total. The van der Waals surface area contributed by atoms with E-state index in [9.17, 15) is 4.79 Å². The normalized spacial score (nSPS) is 17.1. The lowest BCUT2D eigenvalue weighted by Crippen LogP contribution is -2.37. The molecular formula is C14H22N2OS. The molecule has 1 aromatic heterocycles. The molecule has 1 N–H and O–H groups in total. The highest BCUT2D eigenvalue weighted by Crippen LogP contribution is 2.20. The van der Waals surface area contributed by atoms with E-state index in [1.54, 1.807) is 11.3 Å². The highest BCUT2D eigenvalue weighted by Gasteiger charge is 2.16. The molecule has 1 amide bonds. The zero-order chi connectivity index (χ0) is 13.0. The lowest BCUT2D eigenvalue weighted by molar-refractivity contribution is -0.121. The van der Waals surface area contributed by atoms with Crippen molar-refractivity contribution in [1.82, 2.24) is 10.3 Å². The molecule has 0 aliphatic heterocycles. The van der Waals surface area contributed by atoms with E-state index in [2.05, 4.69) is 24.1 Å². The third kappa shape index (κ3) is 3.80. The van der Waals surface area contributed by atoms with Crippen molar-refractivity contribution in [3.05, 3.63) is 16.1 Å². The lowest BCUT2D eigenvalue weighted by Gasteiger charge is -2.22. The standard InChI is InChI=1S/C14H22N2OS/c1-10(2)14-16-12(9-18-14)8-13(17)15-11-6-4-3-5-7-11/h9-11H,3-8H2,1-2H3,(H,15,17). The molecule has 1 heterocycles. The second-order valence-electron chi connectivity index (χ2n) is 5.41. The average Bonchev–Trinajstić information content (AvgIpc) is 2.78. The van der Waals surface area contributed by atoms with Crippen LogP contribution in [0.2, 0.25) is 0 Å². The second-order valence-corrected chi connectivity index (χ2v) is 6.30. The minimum atomic E-state index is 0.127. The summed E-state index contributed by atoms with van der Waals surface area (Å²) in [4.78, 5) is 16.4. The van der Waals surface area contributed by atoms with Crippen molar-refractivity contribution in [1.29, 1.82) is 0 Å². The van der Waals surface area contributed by atoms with Crippen LogP contribution in [0.4, 0.5) is 0 Å². The van der Waals surface area contributed by atoms with Crippen molar-refractivity contribution >= 4 is 17.2 Å². The Kier molecular flexibility index (Phi) is 4.75. The number of carbonyl (C=O) groups excluding carboxylic acids is 1. The van der Waals surface area contributed by atoms with Crippen molar-refractivity contribution in [2.75, 3.05) is 0 Å². The Morgan fingerprint density at radius 2 is 2.17 bits per heavy atom. The molecule has 0 aromatic carbocycles. The highest BCUT2D eigenvalue weighted by atomic mass is 32.1. The number of thiazole rings is 1. The summed E-state index contributed by atoms with van der Waals surface area (Å²) in [6, 6.07) is 0.398. The molecule has 1 fully saturated rings. The molecule has 0 spiro atoms. The van der Waals surface area contributed by atoms with Crippen molar-refractivity contribution < 1.29 is 4.79 Å². The number of carbonyl (C=O) groups is 1. The van der Waals surface area contributed by atoms with Crippen LogP contribution >= 0.6 is 11.3 Å². The number of nitrogens with one attached hydrogen (secondary N) is 1. The number of hydrogen-bond donors (Lipinski definition) is 1. The van der Waals surface area contributed by atoms with Crippen LogP contribution < -0.4 is 5.32 Å². The summed E-state index contributed by atoms with van der Waals surface area (Å²) in [5, 5.41) is 6.26. The third-order valence-corrected chi connectivity index (χ3v) is 4.57. The summed E-state index contributed by atoms with van der Waals surface area (Å²) in [7, 11) is 0. The first kappa shape index (κ1) is 13.5. The molecule has 0 saturated heterocycles. The van der Waals surface area contributed by atoms with Gasteiger partial charge < -0.3 is 5.32 Å². The SMILES string of the molecule is CC(C)c1nc(CC(=O)NC2CCCCC2)cs1. The van der Waals surface area contributed by atoms with Gasteiger partial charge in [0.25, 0.3) is 0 Å². The van der Waals surface area contributed by atoms with Crippen LogP contribution in [-0.2, 0) is 11.2 Å². The molecule has 100 valence electrons. The highest BCUT2D eigenvalue weighted by molar-refractivity contribution is 7.09. The maximum absolute atomic E-state index is 11.9. The van der Waals surface area contributed by atoms with Gasteiger partial charge in [-0.2, -0.15) is 0 Å². The number of hydrogen-bond acceptors (Lipinski definition) is 3. The van der Waals surface area contributed by atoms with Gasteiger partial charge in [-0.25, -0.2) is 4.98 Å². The molecule has 18 heavy (non-hydrogen) atoms. The Morgan fingerprint density at radius 1 is 1.44 bits per heavy atom. The largest absolute Gasteiger partial charge is 0.353 e. The van der Waals surface area contributed by atoms with E-state index >= 15 is 0 Å². The molecule has 0 bridgehead atoms. The molecule has 0 atom stereocenters. The minimum absolute atomic E-state index is 0.127. The minimum Gasteiger partial charge on any atom is -0.353 e. The molecule has 1 aliphatic carbocycles. The van der Waals surface area contributed by atoms with Gasteiger partial charge in [0.2, 0.25) is 5.91 Å². The second kappa shape index (κ2) is 6.32. The van der Waals surface area contributed by atoms with E-state index in [0.717, 1.165) is 23.5 Å². The van der Waals surface area contributed by atoms with Gasteiger partial charge in [0.05, 0.1) is 17.1 Å². The van der Waals surface area contributed by atoms with Crippen molar-refractivity contribution in [3.8, 4) is 0 Å². The quantitative estimate of drug-likeness (QED) is 0.909. The number of aromatic nitrogens is 1. The summed E-state index contributed by atoms with van der Waals surface area (Å²) >= 11 is 1.65. The zero-order valence-electron chi connectivity index (χ0n) is 11.2. The fourth-order valence-corrected chi connectivity index (χ4v) is 3.19. The third-order valence-electron chi connectivity index (χ3n) is 3.38. The van der Waals surface area contributed by atoms with Gasteiger partial charge in [0.15, 0.2) is 0 Å². The van der Waals surface area contributed by atoms with Crippen LogP contribution in [0.25, 0.3) is 0 Å². The van der Waals surface area contributed by atoms with E-state index in [0.29, 0.717) is 18.4 Å². The van der Waals surface area contributed by atoms with Crippen LogP contribution in [0.15, 0.2) is 5.38 Å². The Balaban J connectivity index is 1.82. The molecule has 0 radical (unpaired) electrons. The Labute approximate surface area is 113 Å². The topological polar surface area (TPSA) is 42.0 Å². The molecule has 2 rings (SSSR count). The van der Waals surface area contributed by atoms with Crippen molar-refractivity contribution in [2.24, 2.45) is 0 Å². The van der Waals surface area contributed by atoms with E-state index in [1.807, 2.05) is 5.38 Å². The predicted molar refractivity (Wildman–Crippen MR) is 74.9 cm³/mol. The lowest BCUT2D eigenvalue weighted by atomic mass is 9.95. The molecule has 1 aliphatic rings. The first-order chi connectivity index (χ1) is 8.65. The van der Waals surface area contributed by atoms with Crippen molar-refractivity contribution in [2.45, 2.75) is 64.3 Å². The van der Waals surface area contributed by atoms with E-state index in [4.69, 9.17) is 0 Å². The van der Waals surface area contributed by atoms with Crippen LogP contribution in [0.3, 0.4) is 0 Å². The summed E-state index contributed by atoms with van der Waals surface area (Å²) < 4.78 is 0. The average molecular weight is 266 g/mol. The van der Waals surface area contributed by atoms with Gasteiger partial charge in [0, 0.05) is 17.3 Å². The van der Waals surface area contributed by atoms with Gasteiger partial charge in [-0.05, 0) is 12.8 Å². The number of amides is 1.